The van der Waals surface area contributed by atoms with Crippen LogP contribution in [0, 0.1) is 0 Å². The first-order valence-electron chi connectivity index (χ1n) is 8.95. The Kier molecular flexibility index (Phi) is 9.85. The van der Waals surface area contributed by atoms with Gasteiger partial charge >= 0.3 is 11.9 Å². The van der Waals surface area contributed by atoms with E-state index in [1.165, 1.54) is 4.90 Å². The molecule has 12 nitrogen and oxygen atoms in total. The molecule has 13 heteroatoms. The quantitative estimate of drug-likeness (QED) is 0.167. The van der Waals surface area contributed by atoms with Gasteiger partial charge < -0.3 is 36.6 Å². The third-order valence-corrected chi connectivity index (χ3v) is 4.80. The minimum absolute atomic E-state index is 0.0794. The minimum atomic E-state index is -1.40. The summed E-state index contributed by atoms with van der Waals surface area (Å²) in [7, 11) is 0. The van der Waals surface area contributed by atoms with Crippen molar-refractivity contribution in [2.75, 3.05) is 18.9 Å². The third-order valence-electron chi connectivity index (χ3n) is 4.43. The summed E-state index contributed by atoms with van der Waals surface area (Å²) in [6, 6.07) is -4.66. The SMILES string of the molecule is NC(CO)C(=O)NC(CS)C(=O)N1CCCC1C(=O)NC(CCC(=O)O)C(=O)O. The fourth-order valence-corrected chi connectivity index (χ4v) is 3.09. The van der Waals surface area contributed by atoms with Gasteiger partial charge in [0.25, 0.3) is 0 Å². The van der Waals surface area contributed by atoms with Crippen LogP contribution in [0.3, 0.4) is 0 Å². The van der Waals surface area contributed by atoms with Gasteiger partial charge in [-0.2, -0.15) is 12.6 Å². The molecular weight excluding hydrogens is 408 g/mol. The standard InChI is InChI=1S/C16H26N4O8S/c17-8(6-21)13(24)19-10(7-29)15(26)20-5-1-2-11(20)14(25)18-9(16(27)28)3-4-12(22)23/h8-11,21,29H,1-7,17H2,(H,18,25)(H,19,24)(H,22,23)(H,27,28). The van der Waals surface area contributed by atoms with Gasteiger partial charge in [-0.15, -0.1) is 0 Å². The number of carboxylic acids is 2. The van der Waals surface area contributed by atoms with Crippen LogP contribution in [0.2, 0.25) is 0 Å². The van der Waals surface area contributed by atoms with E-state index < -0.39 is 66.9 Å². The van der Waals surface area contributed by atoms with E-state index in [9.17, 15) is 29.1 Å². The van der Waals surface area contributed by atoms with E-state index in [1.807, 2.05) is 0 Å². The fraction of sp³-hybridized carbons (Fsp3) is 0.688. The molecule has 0 aromatic rings. The summed E-state index contributed by atoms with van der Waals surface area (Å²) < 4.78 is 0. The van der Waals surface area contributed by atoms with Crippen LogP contribution >= 0.6 is 12.6 Å². The minimum Gasteiger partial charge on any atom is -0.481 e. The van der Waals surface area contributed by atoms with E-state index in [-0.39, 0.29) is 25.1 Å². The maximum Gasteiger partial charge on any atom is 0.326 e. The molecule has 0 saturated carbocycles. The molecule has 0 aromatic carbocycles. The predicted octanol–water partition coefficient (Wildman–Crippen LogP) is -2.85. The average molecular weight is 434 g/mol. The topological polar surface area (TPSA) is 199 Å². The fourth-order valence-electron chi connectivity index (χ4n) is 2.84. The molecule has 1 heterocycles. The normalized spacial score (nSPS) is 19.1. The Balaban J connectivity index is 2.82. The molecule has 164 valence electrons. The molecule has 1 fully saturated rings. The van der Waals surface area contributed by atoms with Crippen molar-refractivity contribution in [3.05, 3.63) is 0 Å². The molecule has 0 radical (unpaired) electrons. The number of nitrogens with one attached hydrogen (secondary N) is 2. The Labute approximate surface area is 172 Å². The maximum absolute atomic E-state index is 12.8. The zero-order chi connectivity index (χ0) is 22.1. The summed E-state index contributed by atoms with van der Waals surface area (Å²) in [5.41, 5.74) is 5.41. The predicted molar refractivity (Wildman–Crippen MR) is 102 cm³/mol. The number of carboxylic acid groups (broad SMARTS) is 2. The van der Waals surface area contributed by atoms with Crippen LogP contribution in [0.1, 0.15) is 25.7 Å². The third kappa shape index (κ3) is 7.18. The van der Waals surface area contributed by atoms with E-state index in [0.29, 0.717) is 6.42 Å². The van der Waals surface area contributed by atoms with Gasteiger partial charge in [0.05, 0.1) is 6.61 Å². The van der Waals surface area contributed by atoms with Crippen molar-refractivity contribution in [3.8, 4) is 0 Å². The molecule has 0 spiro atoms. The number of hydrogen-bond acceptors (Lipinski definition) is 8. The van der Waals surface area contributed by atoms with E-state index in [4.69, 9.17) is 15.9 Å². The lowest BCUT2D eigenvalue weighted by Gasteiger charge is -2.29. The van der Waals surface area contributed by atoms with Crippen LogP contribution < -0.4 is 16.4 Å². The average Bonchev–Trinajstić information content (AvgIpc) is 3.17. The maximum atomic E-state index is 12.8. The molecule has 4 atom stereocenters. The van der Waals surface area contributed by atoms with Gasteiger partial charge in [-0.3, -0.25) is 19.2 Å². The first-order valence-corrected chi connectivity index (χ1v) is 9.58. The second kappa shape index (κ2) is 11.6. The van der Waals surface area contributed by atoms with Gasteiger partial charge in [-0.1, -0.05) is 0 Å². The molecule has 0 aromatic heterocycles. The molecule has 1 aliphatic rings. The van der Waals surface area contributed by atoms with E-state index >= 15 is 0 Å². The van der Waals surface area contributed by atoms with Crippen LogP contribution in [0.15, 0.2) is 0 Å². The van der Waals surface area contributed by atoms with Gasteiger partial charge in [0, 0.05) is 18.7 Å². The van der Waals surface area contributed by atoms with Crippen molar-refractivity contribution in [1.82, 2.24) is 15.5 Å². The van der Waals surface area contributed by atoms with Crippen molar-refractivity contribution in [1.29, 1.82) is 0 Å². The molecule has 4 unspecified atom stereocenters. The summed E-state index contributed by atoms with van der Waals surface area (Å²) in [5, 5.41) is 31.4. The number of rotatable bonds is 11. The van der Waals surface area contributed by atoms with Crippen molar-refractivity contribution in [2.45, 2.75) is 49.9 Å². The van der Waals surface area contributed by atoms with Gasteiger partial charge in [0.1, 0.15) is 24.2 Å². The van der Waals surface area contributed by atoms with Crippen molar-refractivity contribution >= 4 is 42.3 Å². The summed E-state index contributed by atoms with van der Waals surface area (Å²) in [6.07, 6.45) is 0.0290. The second-order valence-electron chi connectivity index (χ2n) is 6.55. The van der Waals surface area contributed by atoms with Crippen LogP contribution in [0.4, 0.5) is 0 Å². The van der Waals surface area contributed by atoms with Crippen LogP contribution in [-0.2, 0) is 24.0 Å². The molecule has 0 bridgehead atoms. The molecule has 0 aliphatic carbocycles. The Hall–Kier alpha value is -2.38. The summed E-state index contributed by atoms with van der Waals surface area (Å²) in [5.74, 6) is -4.71. The van der Waals surface area contributed by atoms with Crippen LogP contribution in [-0.4, -0.2) is 93.0 Å². The lowest BCUT2D eigenvalue weighted by Crippen LogP contribution is -2.57. The van der Waals surface area contributed by atoms with E-state index in [0.717, 1.165) is 0 Å². The zero-order valence-electron chi connectivity index (χ0n) is 15.6. The molecule has 3 amide bonds. The smallest absolute Gasteiger partial charge is 0.326 e. The lowest BCUT2D eigenvalue weighted by molar-refractivity contribution is -0.145. The highest BCUT2D eigenvalue weighted by Gasteiger charge is 2.38. The first-order chi connectivity index (χ1) is 13.6. The summed E-state index contributed by atoms with van der Waals surface area (Å²) in [6.45, 7) is -0.392. The number of carbonyl (C=O) groups excluding carboxylic acids is 3. The zero-order valence-corrected chi connectivity index (χ0v) is 16.5. The molecule has 7 N–H and O–H groups in total. The van der Waals surface area contributed by atoms with Crippen molar-refractivity contribution in [2.24, 2.45) is 5.73 Å². The van der Waals surface area contributed by atoms with Gasteiger partial charge in [0.2, 0.25) is 17.7 Å². The lowest BCUT2D eigenvalue weighted by atomic mass is 10.1. The van der Waals surface area contributed by atoms with Crippen molar-refractivity contribution in [3.63, 3.8) is 0 Å². The first kappa shape index (κ1) is 24.7. The van der Waals surface area contributed by atoms with Crippen LogP contribution in [0.25, 0.3) is 0 Å². The molecule has 1 rings (SSSR count). The Morgan fingerprint density at radius 1 is 1.14 bits per heavy atom. The summed E-state index contributed by atoms with van der Waals surface area (Å²) in [4.78, 5) is 60.3. The van der Waals surface area contributed by atoms with Gasteiger partial charge in [-0.05, 0) is 19.3 Å². The summed E-state index contributed by atoms with van der Waals surface area (Å²) >= 11 is 4.03. The van der Waals surface area contributed by atoms with E-state index in [2.05, 4.69) is 23.3 Å². The number of carbonyl (C=O) groups is 5. The number of aliphatic carboxylic acids is 2. The Morgan fingerprint density at radius 2 is 1.79 bits per heavy atom. The molecule has 1 saturated heterocycles. The number of thiol groups is 1. The van der Waals surface area contributed by atoms with Crippen LogP contribution in [0.5, 0.6) is 0 Å². The highest BCUT2D eigenvalue weighted by molar-refractivity contribution is 7.80. The second-order valence-corrected chi connectivity index (χ2v) is 6.92. The number of nitrogens with two attached hydrogens (primary N) is 1. The highest BCUT2D eigenvalue weighted by atomic mass is 32.1. The monoisotopic (exact) mass is 434 g/mol. The van der Waals surface area contributed by atoms with Crippen molar-refractivity contribution < 1.29 is 39.3 Å². The Morgan fingerprint density at radius 3 is 2.31 bits per heavy atom. The number of hydrogen-bond donors (Lipinski definition) is 7. The molecule has 29 heavy (non-hydrogen) atoms. The number of aliphatic hydroxyl groups is 1. The Bertz CT molecular complexity index is 646. The largest absolute Gasteiger partial charge is 0.481 e. The highest BCUT2D eigenvalue weighted by Crippen LogP contribution is 2.19. The van der Waals surface area contributed by atoms with E-state index in [1.54, 1.807) is 0 Å². The number of likely N-dealkylation sites (tertiary alicyclic amines) is 1. The number of amides is 3. The number of nitrogens with zero attached hydrogens (tertiary/aromatic N) is 1. The van der Waals surface area contributed by atoms with Gasteiger partial charge in [0.15, 0.2) is 0 Å². The number of aliphatic hydroxyl groups excluding tert-OH is 1. The molecular formula is C16H26N4O8S. The van der Waals surface area contributed by atoms with Gasteiger partial charge in [-0.25, -0.2) is 4.79 Å². The molecule has 1 aliphatic heterocycles.